The summed E-state index contributed by atoms with van der Waals surface area (Å²) < 4.78 is 38.8. The zero-order chi connectivity index (χ0) is 17.1. The van der Waals surface area contributed by atoms with Crippen LogP contribution in [0.1, 0.15) is 37.6 Å². The fraction of sp³-hybridized carbons (Fsp3) is 0.471. The van der Waals surface area contributed by atoms with Crippen molar-refractivity contribution in [2.24, 2.45) is 0 Å². The van der Waals surface area contributed by atoms with Crippen LogP contribution in [0.5, 0.6) is 0 Å². The summed E-state index contributed by atoms with van der Waals surface area (Å²) in [5.41, 5.74) is 1.71. The molecule has 1 aromatic carbocycles. The fourth-order valence-electron chi connectivity index (χ4n) is 2.19. The third kappa shape index (κ3) is 5.10. The Morgan fingerprint density at radius 2 is 1.74 bits per heavy atom. The molecule has 2 rings (SSSR count). The molecule has 1 N–H and O–H groups in total. The molecule has 0 unspecified atom stereocenters. The van der Waals surface area contributed by atoms with Crippen molar-refractivity contribution in [2.75, 3.05) is 6.54 Å². The molecule has 0 aliphatic heterocycles. The first-order valence-corrected chi connectivity index (χ1v) is 7.55. The molecule has 0 aliphatic carbocycles. The van der Waals surface area contributed by atoms with Gasteiger partial charge in [-0.2, -0.15) is 13.2 Å². The largest absolute Gasteiger partial charge is 0.434 e. The minimum Gasteiger partial charge on any atom is -0.336 e. The summed E-state index contributed by atoms with van der Waals surface area (Å²) in [6.07, 6.45) is -2.14. The van der Waals surface area contributed by atoms with E-state index in [-0.39, 0.29) is 5.41 Å². The molecule has 0 spiro atoms. The summed E-state index contributed by atoms with van der Waals surface area (Å²) in [5, 5.41) is 3.23. The highest BCUT2D eigenvalue weighted by atomic mass is 19.4. The van der Waals surface area contributed by atoms with E-state index < -0.39 is 11.9 Å². The van der Waals surface area contributed by atoms with Gasteiger partial charge in [0, 0.05) is 25.8 Å². The molecule has 23 heavy (non-hydrogen) atoms. The first-order chi connectivity index (χ1) is 10.7. The number of alkyl halides is 3. The molecule has 0 atom stereocenters. The molecule has 1 heterocycles. The Morgan fingerprint density at radius 1 is 1.09 bits per heavy atom. The number of halogens is 3. The summed E-state index contributed by atoms with van der Waals surface area (Å²) in [6, 6.07) is 8.38. The number of nitrogens with zero attached hydrogens (tertiary/aromatic N) is 2. The molecule has 3 nitrogen and oxygen atoms in total. The minimum atomic E-state index is -4.38. The van der Waals surface area contributed by atoms with Crippen LogP contribution in [0.3, 0.4) is 0 Å². The van der Waals surface area contributed by atoms with Crippen LogP contribution in [0, 0.1) is 0 Å². The van der Waals surface area contributed by atoms with E-state index in [1.807, 2.05) is 0 Å². The van der Waals surface area contributed by atoms with Crippen LogP contribution in [-0.2, 0) is 24.7 Å². The molecule has 126 valence electrons. The predicted molar refractivity (Wildman–Crippen MR) is 84.1 cm³/mol. The van der Waals surface area contributed by atoms with Gasteiger partial charge in [0.15, 0.2) is 5.69 Å². The Balaban J connectivity index is 1.78. The van der Waals surface area contributed by atoms with E-state index in [2.05, 4.69) is 55.3 Å². The SMILES string of the molecule is CC(C)(C)c1ccc(CNCCn2cnc(C(F)(F)F)c2)cc1. The van der Waals surface area contributed by atoms with Crippen LogP contribution in [0.2, 0.25) is 0 Å². The number of hydrogen-bond donors (Lipinski definition) is 1. The van der Waals surface area contributed by atoms with Gasteiger partial charge in [0.2, 0.25) is 0 Å². The Morgan fingerprint density at radius 3 is 2.26 bits per heavy atom. The van der Waals surface area contributed by atoms with Gasteiger partial charge in [-0.1, -0.05) is 45.0 Å². The molecular formula is C17H22F3N3. The van der Waals surface area contributed by atoms with Gasteiger partial charge in [0.25, 0.3) is 0 Å². The van der Waals surface area contributed by atoms with Crippen molar-refractivity contribution in [3.05, 3.63) is 53.6 Å². The van der Waals surface area contributed by atoms with E-state index in [9.17, 15) is 13.2 Å². The molecule has 6 heteroatoms. The summed E-state index contributed by atoms with van der Waals surface area (Å²) in [4.78, 5) is 3.37. The van der Waals surface area contributed by atoms with Gasteiger partial charge >= 0.3 is 6.18 Å². The lowest BCUT2D eigenvalue weighted by molar-refractivity contribution is -0.140. The maximum atomic E-state index is 12.4. The second-order valence-corrected chi connectivity index (χ2v) is 6.62. The zero-order valence-electron chi connectivity index (χ0n) is 13.6. The van der Waals surface area contributed by atoms with Gasteiger partial charge in [-0.3, -0.25) is 0 Å². The third-order valence-electron chi connectivity index (χ3n) is 3.62. The van der Waals surface area contributed by atoms with Crippen molar-refractivity contribution in [1.82, 2.24) is 14.9 Å². The van der Waals surface area contributed by atoms with Gasteiger partial charge < -0.3 is 9.88 Å². The van der Waals surface area contributed by atoms with Crippen molar-refractivity contribution in [3.63, 3.8) is 0 Å². The Bertz CT molecular complexity index is 622. The van der Waals surface area contributed by atoms with Crippen molar-refractivity contribution in [1.29, 1.82) is 0 Å². The van der Waals surface area contributed by atoms with Crippen molar-refractivity contribution < 1.29 is 13.2 Å². The van der Waals surface area contributed by atoms with Crippen molar-refractivity contribution >= 4 is 0 Å². The number of benzene rings is 1. The second-order valence-electron chi connectivity index (χ2n) is 6.62. The first kappa shape index (κ1) is 17.5. The van der Waals surface area contributed by atoms with Crippen LogP contribution < -0.4 is 5.32 Å². The van der Waals surface area contributed by atoms with Gasteiger partial charge in [-0.25, -0.2) is 4.98 Å². The topological polar surface area (TPSA) is 29.9 Å². The second kappa shape index (κ2) is 6.74. The number of nitrogens with one attached hydrogen (secondary N) is 1. The van der Waals surface area contributed by atoms with Gasteiger partial charge in [-0.05, 0) is 16.5 Å². The minimum absolute atomic E-state index is 0.129. The summed E-state index contributed by atoms with van der Waals surface area (Å²) >= 11 is 0. The van der Waals surface area contributed by atoms with Crippen molar-refractivity contribution in [2.45, 2.75) is 45.5 Å². The number of imidazole rings is 1. The fourth-order valence-corrected chi connectivity index (χ4v) is 2.19. The predicted octanol–water partition coefficient (Wildman–Crippen LogP) is 3.99. The number of aromatic nitrogens is 2. The molecule has 0 aliphatic rings. The molecule has 0 saturated carbocycles. The lowest BCUT2D eigenvalue weighted by atomic mass is 9.87. The highest BCUT2D eigenvalue weighted by Gasteiger charge is 2.33. The molecule has 0 radical (unpaired) electrons. The van der Waals surface area contributed by atoms with E-state index in [1.54, 1.807) is 0 Å². The molecule has 0 bridgehead atoms. The molecule has 0 fully saturated rings. The maximum absolute atomic E-state index is 12.4. The summed E-state index contributed by atoms with van der Waals surface area (Å²) in [7, 11) is 0. The first-order valence-electron chi connectivity index (χ1n) is 7.55. The van der Waals surface area contributed by atoms with Gasteiger partial charge in [0.1, 0.15) is 0 Å². The highest BCUT2D eigenvalue weighted by Crippen LogP contribution is 2.27. The summed E-state index contributed by atoms with van der Waals surface area (Å²) in [5.74, 6) is 0. The van der Waals surface area contributed by atoms with E-state index in [4.69, 9.17) is 0 Å². The Labute approximate surface area is 134 Å². The van der Waals surface area contributed by atoms with E-state index in [1.165, 1.54) is 16.5 Å². The van der Waals surface area contributed by atoms with Crippen LogP contribution in [0.4, 0.5) is 13.2 Å². The van der Waals surface area contributed by atoms with Crippen LogP contribution in [0.15, 0.2) is 36.8 Å². The summed E-state index contributed by atoms with van der Waals surface area (Å²) in [6.45, 7) is 8.21. The quantitative estimate of drug-likeness (QED) is 0.843. The highest BCUT2D eigenvalue weighted by molar-refractivity contribution is 5.27. The average molecular weight is 325 g/mol. The Kier molecular flexibility index (Phi) is 5.14. The normalized spacial score (nSPS) is 12.6. The van der Waals surface area contributed by atoms with Gasteiger partial charge in [-0.15, -0.1) is 0 Å². The molecular weight excluding hydrogens is 303 g/mol. The zero-order valence-corrected chi connectivity index (χ0v) is 13.6. The number of rotatable bonds is 5. The lowest BCUT2D eigenvalue weighted by Gasteiger charge is -2.19. The smallest absolute Gasteiger partial charge is 0.336 e. The molecule has 0 saturated heterocycles. The molecule has 0 amide bonds. The standard InChI is InChI=1S/C17H22F3N3/c1-16(2,3)14-6-4-13(5-7-14)10-21-8-9-23-11-15(22-12-23)17(18,19)20/h4-7,11-12,21H,8-10H2,1-3H3. The Hall–Kier alpha value is -1.82. The van der Waals surface area contributed by atoms with Crippen LogP contribution >= 0.6 is 0 Å². The van der Waals surface area contributed by atoms with Crippen molar-refractivity contribution in [3.8, 4) is 0 Å². The van der Waals surface area contributed by atoms with Crippen LogP contribution in [0.25, 0.3) is 0 Å². The monoisotopic (exact) mass is 325 g/mol. The molecule has 1 aromatic heterocycles. The van der Waals surface area contributed by atoms with Gasteiger partial charge in [0.05, 0.1) is 6.33 Å². The van der Waals surface area contributed by atoms with E-state index >= 15 is 0 Å². The van der Waals surface area contributed by atoms with E-state index in [0.29, 0.717) is 19.6 Å². The maximum Gasteiger partial charge on any atom is 0.434 e. The lowest BCUT2D eigenvalue weighted by Crippen LogP contribution is -2.19. The average Bonchev–Trinajstić information content (AvgIpc) is 2.92. The third-order valence-corrected chi connectivity index (χ3v) is 3.62. The molecule has 2 aromatic rings. The van der Waals surface area contributed by atoms with E-state index in [0.717, 1.165) is 11.8 Å². The number of hydrogen-bond acceptors (Lipinski definition) is 2. The van der Waals surface area contributed by atoms with Crippen LogP contribution in [-0.4, -0.2) is 16.1 Å².